The number of nitrogens with one attached hydrogen (secondary N) is 1. The van der Waals surface area contributed by atoms with Crippen molar-refractivity contribution < 1.29 is 27.5 Å². The Hall–Kier alpha value is -3.68. The van der Waals surface area contributed by atoms with Crippen molar-refractivity contribution in [1.29, 1.82) is 0 Å². The predicted octanol–water partition coefficient (Wildman–Crippen LogP) is 4.65. The van der Waals surface area contributed by atoms with Gasteiger partial charge in [0.15, 0.2) is 0 Å². The Kier molecular flexibility index (Phi) is 8.76. The molecule has 0 radical (unpaired) electrons. The molecule has 0 spiro atoms. The Morgan fingerprint density at radius 2 is 1.88 bits per heavy atom. The van der Waals surface area contributed by atoms with Gasteiger partial charge in [0.2, 0.25) is 0 Å². The number of aryl methyl sites for hydroxylation is 1. The Balaban J connectivity index is 1.35. The standard InChI is InChI=1S/C28H31F3N6O3S/c1-34-10-2-4-23(34)24-18-22(25-5-3-17-41-25)33-37(24)26(38)19-36(12-11-35-13-15-40-16-14-35)27(39)32-21-8-6-20(7-9-21)28(29,30)31/h2-10,17,24H,11-16,18-19H2,1H3,(H,32,39). The number of hydrogen-bond acceptors (Lipinski definition) is 6. The highest BCUT2D eigenvalue weighted by atomic mass is 32.1. The molecular weight excluding hydrogens is 557 g/mol. The van der Waals surface area contributed by atoms with Crippen LogP contribution in [-0.4, -0.2) is 83.0 Å². The van der Waals surface area contributed by atoms with E-state index in [0.717, 1.165) is 28.4 Å². The third kappa shape index (κ3) is 6.97. The molecule has 1 aromatic carbocycles. The van der Waals surface area contributed by atoms with Crippen molar-refractivity contribution in [1.82, 2.24) is 19.4 Å². The summed E-state index contributed by atoms with van der Waals surface area (Å²) in [5.74, 6) is -0.354. The molecule has 218 valence electrons. The molecule has 1 N–H and O–H groups in total. The number of morpholine rings is 1. The summed E-state index contributed by atoms with van der Waals surface area (Å²) in [4.78, 5) is 31.7. The van der Waals surface area contributed by atoms with Crippen molar-refractivity contribution >= 4 is 34.7 Å². The first kappa shape index (κ1) is 28.8. The van der Waals surface area contributed by atoms with Crippen LogP contribution in [0, 0.1) is 0 Å². The molecule has 1 unspecified atom stereocenters. The average Bonchev–Trinajstić information content (AvgIpc) is 3.72. The first-order valence-corrected chi connectivity index (χ1v) is 14.1. The van der Waals surface area contributed by atoms with E-state index < -0.39 is 17.8 Å². The summed E-state index contributed by atoms with van der Waals surface area (Å²) < 4.78 is 46.3. The molecule has 1 fully saturated rings. The summed E-state index contributed by atoms with van der Waals surface area (Å²) in [6.07, 6.45) is -2.03. The summed E-state index contributed by atoms with van der Waals surface area (Å²) in [6.45, 7) is 3.09. The van der Waals surface area contributed by atoms with Crippen molar-refractivity contribution in [2.45, 2.75) is 18.6 Å². The third-order valence-corrected chi connectivity index (χ3v) is 8.08. The zero-order valence-electron chi connectivity index (χ0n) is 22.5. The molecule has 41 heavy (non-hydrogen) atoms. The van der Waals surface area contributed by atoms with E-state index in [1.807, 2.05) is 47.5 Å². The number of thiophene rings is 1. The lowest BCUT2D eigenvalue weighted by atomic mass is 10.1. The van der Waals surface area contributed by atoms with Crippen LogP contribution in [0.5, 0.6) is 0 Å². The molecule has 3 amide bonds. The molecule has 3 aromatic rings. The van der Waals surface area contributed by atoms with E-state index in [1.165, 1.54) is 22.0 Å². The molecular formula is C28H31F3N6O3S. The van der Waals surface area contributed by atoms with Crippen LogP contribution in [0.3, 0.4) is 0 Å². The molecule has 5 rings (SSSR count). The molecule has 1 saturated heterocycles. The Morgan fingerprint density at radius 1 is 1.12 bits per heavy atom. The number of rotatable bonds is 8. The minimum atomic E-state index is -4.48. The first-order chi connectivity index (χ1) is 19.7. The van der Waals surface area contributed by atoms with E-state index in [2.05, 4.69) is 10.2 Å². The van der Waals surface area contributed by atoms with E-state index in [0.29, 0.717) is 39.3 Å². The van der Waals surface area contributed by atoms with E-state index >= 15 is 0 Å². The van der Waals surface area contributed by atoms with Gasteiger partial charge in [-0.15, -0.1) is 11.3 Å². The minimum absolute atomic E-state index is 0.202. The summed E-state index contributed by atoms with van der Waals surface area (Å²) >= 11 is 1.55. The molecule has 9 nitrogen and oxygen atoms in total. The number of anilines is 1. The van der Waals surface area contributed by atoms with E-state index in [9.17, 15) is 22.8 Å². The monoisotopic (exact) mass is 588 g/mol. The molecule has 2 aromatic heterocycles. The second-order valence-corrected chi connectivity index (χ2v) is 10.9. The van der Waals surface area contributed by atoms with E-state index in [4.69, 9.17) is 9.84 Å². The topological polar surface area (TPSA) is 82.4 Å². The minimum Gasteiger partial charge on any atom is -0.379 e. The fraction of sp³-hybridized carbons (Fsp3) is 0.393. The van der Waals surface area contributed by atoms with Crippen LogP contribution in [0.1, 0.15) is 28.6 Å². The van der Waals surface area contributed by atoms with Gasteiger partial charge in [-0.25, -0.2) is 9.80 Å². The zero-order chi connectivity index (χ0) is 29.0. The van der Waals surface area contributed by atoms with Gasteiger partial charge in [0.05, 0.1) is 29.4 Å². The molecule has 1 atom stereocenters. The second-order valence-electron chi connectivity index (χ2n) is 9.91. The molecule has 0 saturated carbocycles. The van der Waals surface area contributed by atoms with Crippen LogP contribution < -0.4 is 5.32 Å². The van der Waals surface area contributed by atoms with Crippen LogP contribution >= 0.6 is 11.3 Å². The normalized spacial score (nSPS) is 17.9. The Bertz CT molecular complexity index is 1370. The molecule has 4 heterocycles. The Labute approximate surface area is 239 Å². The van der Waals surface area contributed by atoms with Gasteiger partial charge < -0.3 is 19.5 Å². The highest BCUT2D eigenvalue weighted by molar-refractivity contribution is 7.12. The van der Waals surface area contributed by atoms with Crippen molar-refractivity contribution in [2.24, 2.45) is 12.1 Å². The molecule has 0 aliphatic carbocycles. The SMILES string of the molecule is Cn1cccc1C1CC(c2cccs2)=NN1C(=O)CN(CCN1CCOCC1)C(=O)Nc1ccc(C(F)(F)F)cc1. The predicted molar refractivity (Wildman–Crippen MR) is 150 cm³/mol. The first-order valence-electron chi connectivity index (χ1n) is 13.3. The fourth-order valence-corrected chi connectivity index (χ4v) is 5.62. The van der Waals surface area contributed by atoms with Crippen LogP contribution in [0.4, 0.5) is 23.7 Å². The molecule has 0 bridgehead atoms. The van der Waals surface area contributed by atoms with Gasteiger partial charge in [0.1, 0.15) is 12.6 Å². The van der Waals surface area contributed by atoms with Gasteiger partial charge in [-0.2, -0.15) is 18.3 Å². The van der Waals surface area contributed by atoms with Crippen LogP contribution in [0.15, 0.2) is 65.2 Å². The number of hydrazone groups is 1. The lowest BCUT2D eigenvalue weighted by Gasteiger charge is -2.31. The number of hydrogen-bond donors (Lipinski definition) is 1. The molecule has 13 heteroatoms. The van der Waals surface area contributed by atoms with Gasteiger partial charge in [-0.3, -0.25) is 9.69 Å². The number of halogens is 3. The van der Waals surface area contributed by atoms with E-state index in [-0.39, 0.29) is 30.7 Å². The largest absolute Gasteiger partial charge is 0.416 e. The van der Waals surface area contributed by atoms with Gasteiger partial charge in [0, 0.05) is 57.2 Å². The average molecular weight is 589 g/mol. The molecule has 2 aliphatic rings. The van der Waals surface area contributed by atoms with Gasteiger partial charge in [-0.1, -0.05) is 6.07 Å². The maximum absolute atomic E-state index is 13.8. The highest BCUT2D eigenvalue weighted by Crippen LogP contribution is 2.34. The smallest absolute Gasteiger partial charge is 0.379 e. The fourth-order valence-electron chi connectivity index (χ4n) is 4.90. The quantitative estimate of drug-likeness (QED) is 0.416. The van der Waals surface area contributed by atoms with Crippen molar-refractivity contribution in [2.75, 3.05) is 51.3 Å². The summed E-state index contributed by atoms with van der Waals surface area (Å²) in [6, 6.07) is 11.1. The van der Waals surface area contributed by atoms with Crippen LogP contribution in [-0.2, 0) is 22.8 Å². The summed E-state index contributed by atoms with van der Waals surface area (Å²) in [5.41, 5.74) is 1.11. The maximum atomic E-state index is 13.8. The number of carbonyl (C=O) groups is 2. The van der Waals surface area contributed by atoms with Crippen LogP contribution in [0.25, 0.3) is 0 Å². The van der Waals surface area contributed by atoms with Gasteiger partial charge >= 0.3 is 12.2 Å². The number of carbonyl (C=O) groups excluding carboxylic acids is 2. The Morgan fingerprint density at radius 3 is 2.51 bits per heavy atom. The van der Waals surface area contributed by atoms with Crippen molar-refractivity contribution in [3.8, 4) is 0 Å². The van der Waals surface area contributed by atoms with E-state index in [1.54, 1.807) is 11.3 Å². The lowest BCUT2D eigenvalue weighted by molar-refractivity contribution is -0.137. The number of urea groups is 1. The number of nitrogens with zero attached hydrogens (tertiary/aromatic N) is 5. The van der Waals surface area contributed by atoms with Crippen molar-refractivity contribution in [3.63, 3.8) is 0 Å². The number of ether oxygens (including phenoxy) is 1. The lowest BCUT2D eigenvalue weighted by Crippen LogP contribution is -2.47. The van der Waals surface area contributed by atoms with Crippen molar-refractivity contribution in [3.05, 3.63) is 76.2 Å². The number of benzene rings is 1. The summed E-state index contributed by atoms with van der Waals surface area (Å²) in [5, 5.41) is 10.8. The number of amides is 3. The second kappa shape index (κ2) is 12.5. The summed E-state index contributed by atoms with van der Waals surface area (Å²) in [7, 11) is 1.91. The molecule has 2 aliphatic heterocycles. The maximum Gasteiger partial charge on any atom is 0.416 e. The highest BCUT2D eigenvalue weighted by Gasteiger charge is 2.36. The van der Waals surface area contributed by atoms with Gasteiger partial charge in [-0.05, 0) is 47.8 Å². The van der Waals surface area contributed by atoms with Crippen LogP contribution in [0.2, 0.25) is 0 Å². The van der Waals surface area contributed by atoms with Gasteiger partial charge in [0.25, 0.3) is 5.91 Å². The third-order valence-electron chi connectivity index (χ3n) is 7.16. The number of aromatic nitrogens is 1. The number of alkyl halides is 3. The zero-order valence-corrected chi connectivity index (χ0v) is 23.3.